The Labute approximate surface area is 83.9 Å². The minimum atomic E-state index is -1.16. The Kier molecular flexibility index (Phi) is 4.20. The first-order valence-electron chi connectivity index (χ1n) is 5.62. The smallest absolute Gasteiger partial charge is 0.149 e. The summed E-state index contributed by atoms with van der Waals surface area (Å²) in [6.07, 6.45) is 6.44. The molecule has 0 aromatic heterocycles. The minimum Gasteiger partial charge on any atom is -0.320 e. The molecule has 0 radical (unpaired) electrons. The van der Waals surface area contributed by atoms with Gasteiger partial charge in [-0.2, -0.15) is 0 Å². The first kappa shape index (κ1) is 11.0. The monoisotopic (exact) mass is 197 g/mol. The van der Waals surface area contributed by atoms with Crippen LogP contribution in [0.3, 0.4) is 0 Å². The zero-order valence-corrected chi connectivity index (χ0v) is 10.3. The second kappa shape index (κ2) is 4.96. The molecule has 1 heterocycles. The minimum absolute atomic E-state index is 1.16. The Hall–Kier alpha value is -0.0831. The normalized spacial score (nSPS) is 23.9. The van der Waals surface area contributed by atoms with Gasteiger partial charge in [-0.15, -0.1) is 0 Å². The van der Waals surface area contributed by atoms with Crippen molar-refractivity contribution < 1.29 is 0 Å². The van der Waals surface area contributed by atoms with Crippen LogP contribution in [0.25, 0.3) is 0 Å². The topological polar surface area (TPSA) is 3.24 Å². The maximum atomic E-state index is 2.77. The third-order valence-corrected chi connectivity index (χ3v) is 7.57. The summed E-state index contributed by atoms with van der Waals surface area (Å²) in [5.74, 6) is 0. The molecule has 1 aliphatic heterocycles. The van der Waals surface area contributed by atoms with Crippen LogP contribution in [0.15, 0.2) is 11.8 Å². The first-order chi connectivity index (χ1) is 6.23. The standard InChI is InChI=1S/C11H23NSi/c1-4-10-13(3,11-5-2)12-8-6-7-9-12/h4,10H,5-9,11H2,1-3H3. The summed E-state index contributed by atoms with van der Waals surface area (Å²) >= 11 is 0. The van der Waals surface area contributed by atoms with Crippen LogP contribution < -0.4 is 0 Å². The van der Waals surface area contributed by atoms with Crippen molar-refractivity contribution in [2.75, 3.05) is 13.1 Å². The predicted molar refractivity (Wildman–Crippen MR) is 62.3 cm³/mol. The number of allylic oxidation sites excluding steroid dienone is 1. The fourth-order valence-electron chi connectivity index (χ4n) is 2.44. The number of hydrogen-bond acceptors (Lipinski definition) is 1. The SMILES string of the molecule is CC=C[Si](C)(CCC)N1CCCC1. The second-order valence-electron chi connectivity index (χ2n) is 4.30. The van der Waals surface area contributed by atoms with E-state index in [1.165, 1.54) is 38.4 Å². The van der Waals surface area contributed by atoms with E-state index in [4.69, 9.17) is 0 Å². The molecule has 1 nitrogen and oxygen atoms in total. The van der Waals surface area contributed by atoms with Gasteiger partial charge in [0.25, 0.3) is 0 Å². The molecule has 0 aromatic carbocycles. The van der Waals surface area contributed by atoms with Gasteiger partial charge in [0, 0.05) is 0 Å². The maximum Gasteiger partial charge on any atom is 0.149 e. The van der Waals surface area contributed by atoms with Gasteiger partial charge in [0.1, 0.15) is 8.24 Å². The zero-order chi connectivity index (χ0) is 9.73. The van der Waals surface area contributed by atoms with Crippen LogP contribution in [-0.2, 0) is 0 Å². The summed E-state index contributed by atoms with van der Waals surface area (Å²) in [4.78, 5) is 0. The molecule has 1 atom stereocenters. The molecule has 0 spiro atoms. The molecule has 1 saturated heterocycles. The fourth-order valence-corrected chi connectivity index (χ4v) is 6.20. The van der Waals surface area contributed by atoms with E-state index in [9.17, 15) is 0 Å². The molecule has 0 N–H and O–H groups in total. The third kappa shape index (κ3) is 2.68. The van der Waals surface area contributed by atoms with Gasteiger partial charge >= 0.3 is 0 Å². The van der Waals surface area contributed by atoms with E-state index >= 15 is 0 Å². The maximum absolute atomic E-state index is 2.77. The molecular weight excluding hydrogens is 174 g/mol. The molecule has 1 rings (SSSR count). The van der Waals surface area contributed by atoms with E-state index in [0.717, 1.165) is 0 Å². The van der Waals surface area contributed by atoms with Gasteiger partial charge in [-0.05, 0) is 38.9 Å². The number of nitrogens with zero attached hydrogens (tertiary/aromatic N) is 1. The Morgan fingerprint density at radius 3 is 2.38 bits per heavy atom. The highest BCUT2D eigenvalue weighted by Gasteiger charge is 2.32. The lowest BCUT2D eigenvalue weighted by atomic mass is 10.4. The Balaban J connectivity index is 2.63. The van der Waals surface area contributed by atoms with Gasteiger partial charge in [0.05, 0.1) is 0 Å². The van der Waals surface area contributed by atoms with Gasteiger partial charge in [-0.25, -0.2) is 0 Å². The average molecular weight is 197 g/mol. The summed E-state index contributed by atoms with van der Waals surface area (Å²) in [6, 6.07) is 1.43. The zero-order valence-electron chi connectivity index (χ0n) is 9.34. The molecule has 0 aliphatic carbocycles. The molecular formula is C11H23NSi. The summed E-state index contributed by atoms with van der Waals surface area (Å²) in [5.41, 5.74) is 2.52. The molecule has 1 aliphatic rings. The Morgan fingerprint density at radius 2 is 1.92 bits per heavy atom. The second-order valence-corrected chi connectivity index (χ2v) is 8.48. The van der Waals surface area contributed by atoms with E-state index in [1.807, 2.05) is 0 Å². The average Bonchev–Trinajstić information content (AvgIpc) is 2.57. The van der Waals surface area contributed by atoms with Crippen molar-refractivity contribution in [3.8, 4) is 0 Å². The number of rotatable bonds is 4. The molecule has 1 unspecified atom stereocenters. The van der Waals surface area contributed by atoms with Crippen LogP contribution in [0.5, 0.6) is 0 Å². The van der Waals surface area contributed by atoms with Crippen molar-refractivity contribution in [2.45, 2.75) is 45.7 Å². The van der Waals surface area contributed by atoms with Gasteiger partial charge in [-0.1, -0.05) is 31.7 Å². The van der Waals surface area contributed by atoms with Crippen molar-refractivity contribution in [2.24, 2.45) is 0 Å². The molecule has 1 fully saturated rings. The van der Waals surface area contributed by atoms with Crippen molar-refractivity contribution in [1.29, 1.82) is 0 Å². The molecule has 0 aromatic rings. The van der Waals surface area contributed by atoms with E-state index in [-0.39, 0.29) is 0 Å². The van der Waals surface area contributed by atoms with Gasteiger partial charge in [-0.3, -0.25) is 0 Å². The molecule has 0 bridgehead atoms. The van der Waals surface area contributed by atoms with E-state index in [1.54, 1.807) is 0 Å². The quantitative estimate of drug-likeness (QED) is 0.626. The molecule has 0 saturated carbocycles. The van der Waals surface area contributed by atoms with E-state index in [0.29, 0.717) is 0 Å². The molecule has 2 heteroatoms. The summed E-state index contributed by atoms with van der Waals surface area (Å²) in [6.45, 7) is 9.70. The largest absolute Gasteiger partial charge is 0.320 e. The van der Waals surface area contributed by atoms with Crippen LogP contribution in [0, 0.1) is 0 Å². The molecule has 13 heavy (non-hydrogen) atoms. The molecule has 0 amide bonds. The van der Waals surface area contributed by atoms with Gasteiger partial charge in [0.15, 0.2) is 0 Å². The summed E-state index contributed by atoms with van der Waals surface area (Å²) in [5, 5.41) is 0. The van der Waals surface area contributed by atoms with Crippen molar-refractivity contribution in [1.82, 2.24) is 4.57 Å². The van der Waals surface area contributed by atoms with Crippen LogP contribution in [0.4, 0.5) is 0 Å². The van der Waals surface area contributed by atoms with Crippen LogP contribution in [0.1, 0.15) is 33.1 Å². The van der Waals surface area contributed by atoms with E-state index in [2.05, 4.69) is 36.7 Å². The molecule has 76 valence electrons. The third-order valence-electron chi connectivity index (χ3n) is 3.11. The lowest BCUT2D eigenvalue weighted by molar-refractivity contribution is 0.520. The van der Waals surface area contributed by atoms with Crippen molar-refractivity contribution in [3.05, 3.63) is 11.8 Å². The lowest BCUT2D eigenvalue weighted by Crippen LogP contribution is -2.48. The first-order valence-corrected chi connectivity index (χ1v) is 8.35. The fraction of sp³-hybridized carbons (Fsp3) is 0.818. The predicted octanol–water partition coefficient (Wildman–Crippen LogP) is 3.18. The van der Waals surface area contributed by atoms with Crippen LogP contribution in [-0.4, -0.2) is 25.9 Å². The highest BCUT2D eigenvalue weighted by Crippen LogP contribution is 2.23. The van der Waals surface area contributed by atoms with E-state index < -0.39 is 8.24 Å². The summed E-state index contributed by atoms with van der Waals surface area (Å²) in [7, 11) is -1.16. The summed E-state index contributed by atoms with van der Waals surface area (Å²) < 4.78 is 2.77. The van der Waals surface area contributed by atoms with Crippen molar-refractivity contribution in [3.63, 3.8) is 0 Å². The number of hydrogen-bond donors (Lipinski definition) is 0. The van der Waals surface area contributed by atoms with Crippen LogP contribution in [0.2, 0.25) is 12.6 Å². The highest BCUT2D eigenvalue weighted by molar-refractivity contribution is 6.80. The Morgan fingerprint density at radius 1 is 1.31 bits per heavy atom. The van der Waals surface area contributed by atoms with Gasteiger partial charge < -0.3 is 4.57 Å². The van der Waals surface area contributed by atoms with Gasteiger partial charge in [0.2, 0.25) is 0 Å². The van der Waals surface area contributed by atoms with Crippen molar-refractivity contribution >= 4 is 8.24 Å². The Bertz CT molecular complexity index is 173. The lowest BCUT2D eigenvalue weighted by Gasteiger charge is -2.34. The highest BCUT2D eigenvalue weighted by atomic mass is 28.3. The van der Waals surface area contributed by atoms with Crippen LogP contribution >= 0.6 is 0 Å².